The average molecular weight is 269 g/mol. The van der Waals surface area contributed by atoms with Gasteiger partial charge >= 0.3 is 5.97 Å². The Hall–Kier alpha value is -2.11. The van der Waals surface area contributed by atoms with Crippen LogP contribution in [0.3, 0.4) is 0 Å². The predicted octanol–water partition coefficient (Wildman–Crippen LogP) is 2.38. The van der Waals surface area contributed by atoms with E-state index >= 15 is 0 Å². The molecule has 6 heteroatoms. The minimum Gasteiger partial charge on any atom is -0.494 e. The van der Waals surface area contributed by atoms with Crippen LogP contribution in [0.25, 0.3) is 0 Å². The molecule has 0 radical (unpaired) electrons. The van der Waals surface area contributed by atoms with Crippen LogP contribution in [0.5, 0.6) is 5.75 Å². The largest absolute Gasteiger partial charge is 0.494 e. The van der Waals surface area contributed by atoms with Crippen LogP contribution in [0.1, 0.15) is 19.8 Å². The average Bonchev–Trinajstić information content (AvgIpc) is 2.41. The van der Waals surface area contributed by atoms with Crippen LogP contribution in [0.4, 0.5) is 4.39 Å². The first-order valence-corrected chi connectivity index (χ1v) is 5.93. The fourth-order valence-corrected chi connectivity index (χ4v) is 1.37. The van der Waals surface area contributed by atoms with Gasteiger partial charge in [-0.3, -0.25) is 0 Å². The number of oxime groups is 1. The van der Waals surface area contributed by atoms with Crippen LogP contribution in [0.2, 0.25) is 0 Å². The van der Waals surface area contributed by atoms with E-state index in [4.69, 9.17) is 14.7 Å². The summed E-state index contributed by atoms with van der Waals surface area (Å²) in [6.45, 7) is 2.22. The first-order chi connectivity index (χ1) is 9.17. The highest BCUT2D eigenvalue weighted by atomic mass is 19.1. The zero-order valence-electron chi connectivity index (χ0n) is 10.6. The highest BCUT2D eigenvalue weighted by Crippen LogP contribution is 2.11. The molecular weight excluding hydrogens is 253 g/mol. The molecule has 5 nitrogen and oxygen atoms in total. The second-order valence-electron chi connectivity index (χ2n) is 3.67. The molecule has 0 saturated carbocycles. The van der Waals surface area contributed by atoms with E-state index < -0.39 is 5.97 Å². The standard InChI is InChI=1S/C13H16FNO4/c1-2-18-13(16)12(15-17)4-3-9-19-11-7-5-10(14)6-8-11/h5-8,17H,2-4,9H2,1H3/b15-12+. The summed E-state index contributed by atoms with van der Waals surface area (Å²) in [5.41, 5.74) is -0.0374. The summed E-state index contributed by atoms with van der Waals surface area (Å²) in [7, 11) is 0. The van der Waals surface area contributed by atoms with Gasteiger partial charge in [-0.05, 0) is 37.6 Å². The third-order valence-corrected chi connectivity index (χ3v) is 2.27. The van der Waals surface area contributed by atoms with Crippen molar-refractivity contribution in [3.05, 3.63) is 30.1 Å². The van der Waals surface area contributed by atoms with Crippen molar-refractivity contribution in [3.63, 3.8) is 0 Å². The van der Waals surface area contributed by atoms with E-state index in [0.29, 0.717) is 18.8 Å². The molecule has 1 rings (SSSR count). The van der Waals surface area contributed by atoms with Crippen LogP contribution >= 0.6 is 0 Å². The second kappa shape index (κ2) is 8.07. The number of hydrogen-bond donors (Lipinski definition) is 1. The van der Waals surface area contributed by atoms with Crippen molar-refractivity contribution in [2.24, 2.45) is 5.16 Å². The van der Waals surface area contributed by atoms with Crippen molar-refractivity contribution in [2.45, 2.75) is 19.8 Å². The number of benzene rings is 1. The summed E-state index contributed by atoms with van der Waals surface area (Å²) in [4.78, 5) is 11.3. The van der Waals surface area contributed by atoms with E-state index in [2.05, 4.69) is 5.16 Å². The first-order valence-electron chi connectivity index (χ1n) is 5.93. The van der Waals surface area contributed by atoms with E-state index in [0.717, 1.165) is 0 Å². The van der Waals surface area contributed by atoms with Gasteiger partial charge in [-0.15, -0.1) is 0 Å². The lowest BCUT2D eigenvalue weighted by atomic mass is 10.2. The number of hydrogen-bond acceptors (Lipinski definition) is 5. The van der Waals surface area contributed by atoms with Crippen LogP contribution in [-0.4, -0.2) is 30.1 Å². The Labute approximate surface area is 110 Å². The van der Waals surface area contributed by atoms with Crippen molar-refractivity contribution in [1.29, 1.82) is 0 Å². The lowest BCUT2D eigenvalue weighted by molar-refractivity contribution is -0.135. The zero-order valence-corrected chi connectivity index (χ0v) is 10.6. The molecule has 1 aromatic carbocycles. The van der Waals surface area contributed by atoms with Gasteiger partial charge in [0.1, 0.15) is 11.6 Å². The molecule has 0 saturated heterocycles. The van der Waals surface area contributed by atoms with Crippen molar-refractivity contribution < 1.29 is 23.9 Å². The number of halogens is 1. The Bertz CT molecular complexity index is 431. The van der Waals surface area contributed by atoms with E-state index in [-0.39, 0.29) is 24.6 Å². The summed E-state index contributed by atoms with van der Waals surface area (Å²) in [5.74, 6) is -0.420. The van der Waals surface area contributed by atoms with Gasteiger partial charge in [0.25, 0.3) is 0 Å². The molecule has 104 valence electrons. The molecule has 0 aromatic heterocycles. The highest BCUT2D eigenvalue weighted by Gasteiger charge is 2.12. The summed E-state index contributed by atoms with van der Waals surface area (Å²) in [6, 6.07) is 5.63. The van der Waals surface area contributed by atoms with Crippen LogP contribution in [0.15, 0.2) is 29.4 Å². The SMILES string of the molecule is CCOC(=O)/C(CCCOc1ccc(F)cc1)=N/O. The van der Waals surface area contributed by atoms with E-state index in [1.54, 1.807) is 6.92 Å². The predicted molar refractivity (Wildman–Crippen MR) is 67.0 cm³/mol. The summed E-state index contributed by atoms with van der Waals surface area (Å²) in [6.07, 6.45) is 0.728. The maximum Gasteiger partial charge on any atom is 0.356 e. The van der Waals surface area contributed by atoms with Gasteiger partial charge < -0.3 is 14.7 Å². The summed E-state index contributed by atoms with van der Waals surface area (Å²) < 4.78 is 22.7. The quantitative estimate of drug-likeness (QED) is 0.271. The van der Waals surface area contributed by atoms with Gasteiger partial charge in [0, 0.05) is 6.42 Å². The molecule has 0 fully saturated rings. The molecule has 0 unspecified atom stereocenters. The minimum absolute atomic E-state index is 0.0374. The number of carbonyl (C=O) groups is 1. The van der Waals surface area contributed by atoms with Crippen molar-refractivity contribution in [3.8, 4) is 5.75 Å². The summed E-state index contributed by atoms with van der Waals surface area (Å²) in [5, 5.41) is 11.6. The van der Waals surface area contributed by atoms with Gasteiger partial charge in [-0.2, -0.15) is 0 Å². The molecule has 0 aliphatic carbocycles. The Kier molecular flexibility index (Phi) is 6.35. The maximum absolute atomic E-state index is 12.6. The number of rotatable bonds is 7. The third kappa shape index (κ3) is 5.37. The number of ether oxygens (including phenoxy) is 2. The van der Waals surface area contributed by atoms with Gasteiger partial charge in [-0.25, -0.2) is 9.18 Å². The van der Waals surface area contributed by atoms with Crippen LogP contribution in [0, 0.1) is 5.82 Å². The molecule has 0 spiro atoms. The monoisotopic (exact) mass is 269 g/mol. The van der Waals surface area contributed by atoms with Gasteiger partial charge in [-0.1, -0.05) is 5.16 Å². The van der Waals surface area contributed by atoms with Gasteiger partial charge in [0.05, 0.1) is 13.2 Å². The number of nitrogens with zero attached hydrogens (tertiary/aromatic N) is 1. The third-order valence-electron chi connectivity index (χ3n) is 2.27. The molecule has 19 heavy (non-hydrogen) atoms. The van der Waals surface area contributed by atoms with E-state index in [1.807, 2.05) is 0 Å². The van der Waals surface area contributed by atoms with Crippen LogP contribution < -0.4 is 4.74 Å². The van der Waals surface area contributed by atoms with Crippen molar-refractivity contribution in [1.82, 2.24) is 0 Å². The smallest absolute Gasteiger partial charge is 0.356 e. The Morgan fingerprint density at radius 3 is 2.63 bits per heavy atom. The van der Waals surface area contributed by atoms with E-state index in [1.165, 1.54) is 24.3 Å². The molecular formula is C13H16FNO4. The van der Waals surface area contributed by atoms with Crippen molar-refractivity contribution in [2.75, 3.05) is 13.2 Å². The topological polar surface area (TPSA) is 68.1 Å². The minimum atomic E-state index is -0.633. The van der Waals surface area contributed by atoms with Gasteiger partial charge in [0.15, 0.2) is 5.71 Å². The molecule has 0 aliphatic heterocycles. The Balaban J connectivity index is 2.30. The lowest BCUT2D eigenvalue weighted by Crippen LogP contribution is -2.18. The summed E-state index contributed by atoms with van der Waals surface area (Å²) >= 11 is 0. The Morgan fingerprint density at radius 1 is 1.37 bits per heavy atom. The molecule has 0 amide bonds. The molecule has 1 N–H and O–H groups in total. The molecule has 0 heterocycles. The van der Waals surface area contributed by atoms with Crippen LogP contribution in [-0.2, 0) is 9.53 Å². The van der Waals surface area contributed by atoms with Gasteiger partial charge in [0.2, 0.25) is 0 Å². The number of esters is 1. The van der Waals surface area contributed by atoms with E-state index in [9.17, 15) is 9.18 Å². The maximum atomic E-state index is 12.6. The highest BCUT2D eigenvalue weighted by molar-refractivity contribution is 6.36. The molecule has 0 aliphatic rings. The number of carbonyl (C=O) groups excluding carboxylic acids is 1. The zero-order chi connectivity index (χ0) is 14.1. The fourth-order valence-electron chi connectivity index (χ4n) is 1.37. The second-order valence-corrected chi connectivity index (χ2v) is 3.67. The normalized spacial score (nSPS) is 11.2. The molecule has 1 aromatic rings. The molecule has 0 atom stereocenters. The Morgan fingerprint density at radius 2 is 2.05 bits per heavy atom. The first kappa shape index (κ1) is 14.9. The fraction of sp³-hybridized carbons (Fsp3) is 0.385. The van der Waals surface area contributed by atoms with Crippen molar-refractivity contribution >= 4 is 11.7 Å². The molecule has 0 bridgehead atoms. The lowest BCUT2D eigenvalue weighted by Gasteiger charge is -2.06.